The van der Waals surface area contributed by atoms with Crippen molar-refractivity contribution in [3.63, 3.8) is 0 Å². The van der Waals surface area contributed by atoms with Crippen LogP contribution in [0.4, 0.5) is 0 Å². The molecule has 6 heteroatoms. The molecule has 1 fully saturated rings. The lowest BCUT2D eigenvalue weighted by atomic mass is 10.0. The van der Waals surface area contributed by atoms with Gasteiger partial charge < -0.3 is 10.4 Å². The fourth-order valence-electron chi connectivity index (χ4n) is 1.85. The second-order valence-corrected chi connectivity index (χ2v) is 5.37. The first-order valence-electron chi connectivity index (χ1n) is 6.95. The van der Waals surface area contributed by atoms with Crippen molar-refractivity contribution in [1.29, 1.82) is 0 Å². The molecule has 2 atom stereocenters. The fraction of sp³-hybridized carbons (Fsp3) is 0.769. The van der Waals surface area contributed by atoms with Gasteiger partial charge in [0.1, 0.15) is 6.54 Å². The lowest BCUT2D eigenvalue weighted by Crippen LogP contribution is -2.37. The van der Waals surface area contributed by atoms with Crippen molar-refractivity contribution < 1.29 is 9.90 Å². The zero-order valence-electron chi connectivity index (χ0n) is 11.5. The van der Waals surface area contributed by atoms with E-state index in [0.29, 0.717) is 5.92 Å². The van der Waals surface area contributed by atoms with Gasteiger partial charge in [-0.1, -0.05) is 25.5 Å². The summed E-state index contributed by atoms with van der Waals surface area (Å²) < 4.78 is 1.55. The minimum Gasteiger partial charge on any atom is -0.391 e. The van der Waals surface area contributed by atoms with Crippen LogP contribution in [0, 0.1) is 5.92 Å². The van der Waals surface area contributed by atoms with Crippen LogP contribution >= 0.6 is 0 Å². The molecule has 6 nitrogen and oxygen atoms in total. The number of nitrogens with one attached hydrogen (secondary N) is 1. The van der Waals surface area contributed by atoms with Gasteiger partial charge in [0.15, 0.2) is 0 Å². The first-order chi connectivity index (χ1) is 9.10. The minimum atomic E-state index is -0.494. The van der Waals surface area contributed by atoms with Gasteiger partial charge in [0.05, 0.1) is 11.8 Å². The third kappa shape index (κ3) is 4.02. The average Bonchev–Trinajstić information content (AvgIpc) is 3.16. The monoisotopic (exact) mass is 266 g/mol. The summed E-state index contributed by atoms with van der Waals surface area (Å²) in [4.78, 5) is 11.7. The smallest absolute Gasteiger partial charge is 0.241 e. The largest absolute Gasteiger partial charge is 0.391 e. The molecule has 0 bridgehead atoms. The molecule has 1 aliphatic carbocycles. The Morgan fingerprint density at radius 1 is 1.63 bits per heavy atom. The highest BCUT2D eigenvalue weighted by Gasteiger charge is 2.26. The molecular formula is C13H22N4O2. The van der Waals surface area contributed by atoms with Gasteiger partial charge in [0.25, 0.3) is 0 Å². The highest BCUT2D eigenvalue weighted by molar-refractivity contribution is 5.75. The Labute approximate surface area is 113 Å². The summed E-state index contributed by atoms with van der Waals surface area (Å²) in [5.74, 6) is 0.590. The van der Waals surface area contributed by atoms with Crippen LogP contribution in [0.1, 0.15) is 44.7 Å². The molecule has 0 aromatic carbocycles. The Balaban J connectivity index is 1.74. The molecule has 19 heavy (non-hydrogen) atoms. The van der Waals surface area contributed by atoms with Crippen molar-refractivity contribution in [3.05, 3.63) is 11.9 Å². The summed E-state index contributed by atoms with van der Waals surface area (Å²) in [5.41, 5.74) is 0.979. The van der Waals surface area contributed by atoms with Gasteiger partial charge in [0, 0.05) is 18.7 Å². The molecule has 1 aliphatic rings. The molecule has 0 saturated heterocycles. The number of hydrogen-bond acceptors (Lipinski definition) is 4. The van der Waals surface area contributed by atoms with Crippen molar-refractivity contribution >= 4 is 5.91 Å². The molecular weight excluding hydrogens is 244 g/mol. The first-order valence-corrected chi connectivity index (χ1v) is 6.95. The van der Waals surface area contributed by atoms with E-state index in [1.807, 2.05) is 20.0 Å². The number of aliphatic hydroxyl groups is 1. The summed E-state index contributed by atoms with van der Waals surface area (Å²) in [5, 5.41) is 20.5. The van der Waals surface area contributed by atoms with Crippen LogP contribution in [0.3, 0.4) is 0 Å². The van der Waals surface area contributed by atoms with Gasteiger partial charge in [-0.2, -0.15) is 0 Å². The number of aromatic nitrogens is 3. The van der Waals surface area contributed by atoms with E-state index in [2.05, 4.69) is 15.6 Å². The predicted octanol–water partition coefficient (Wildman–Crippen LogP) is 0.679. The highest BCUT2D eigenvalue weighted by Crippen LogP contribution is 2.38. The van der Waals surface area contributed by atoms with Gasteiger partial charge in [-0.3, -0.25) is 4.79 Å². The van der Waals surface area contributed by atoms with E-state index >= 15 is 0 Å². The van der Waals surface area contributed by atoms with Gasteiger partial charge in [-0.25, -0.2) is 4.68 Å². The Bertz CT molecular complexity index is 428. The predicted molar refractivity (Wildman–Crippen MR) is 70.5 cm³/mol. The quantitative estimate of drug-likeness (QED) is 0.760. The summed E-state index contributed by atoms with van der Waals surface area (Å²) >= 11 is 0. The lowest BCUT2D eigenvalue weighted by molar-refractivity contribution is -0.122. The molecule has 0 spiro atoms. The van der Waals surface area contributed by atoms with Gasteiger partial charge in [-0.15, -0.1) is 5.10 Å². The number of amides is 1. The maximum atomic E-state index is 11.7. The summed E-state index contributed by atoms with van der Waals surface area (Å²) in [6, 6.07) is 0. The van der Waals surface area contributed by atoms with Crippen molar-refractivity contribution in [1.82, 2.24) is 20.3 Å². The molecule has 1 heterocycles. The van der Waals surface area contributed by atoms with E-state index in [9.17, 15) is 9.90 Å². The van der Waals surface area contributed by atoms with Gasteiger partial charge in [-0.05, 0) is 18.8 Å². The molecule has 1 amide bonds. The van der Waals surface area contributed by atoms with E-state index in [1.54, 1.807) is 4.68 Å². The van der Waals surface area contributed by atoms with Crippen molar-refractivity contribution in [3.8, 4) is 0 Å². The van der Waals surface area contributed by atoms with Gasteiger partial charge >= 0.3 is 0 Å². The fourth-order valence-corrected chi connectivity index (χ4v) is 1.85. The van der Waals surface area contributed by atoms with Crippen LogP contribution in [0.2, 0.25) is 0 Å². The molecule has 1 aromatic heterocycles. The van der Waals surface area contributed by atoms with E-state index in [0.717, 1.165) is 12.1 Å². The summed E-state index contributed by atoms with van der Waals surface area (Å²) in [7, 11) is 0. The zero-order chi connectivity index (χ0) is 13.8. The Morgan fingerprint density at radius 3 is 3.00 bits per heavy atom. The number of hydrogen-bond donors (Lipinski definition) is 2. The zero-order valence-corrected chi connectivity index (χ0v) is 11.5. The van der Waals surface area contributed by atoms with Crippen molar-refractivity contribution in [2.75, 3.05) is 6.54 Å². The van der Waals surface area contributed by atoms with E-state index < -0.39 is 6.10 Å². The van der Waals surface area contributed by atoms with E-state index in [4.69, 9.17) is 0 Å². The third-order valence-electron chi connectivity index (χ3n) is 3.67. The normalized spacial score (nSPS) is 18.1. The number of aliphatic hydroxyl groups excluding tert-OH is 1. The Morgan fingerprint density at radius 2 is 2.37 bits per heavy atom. The Hall–Kier alpha value is -1.43. The topological polar surface area (TPSA) is 80.0 Å². The van der Waals surface area contributed by atoms with Crippen LogP contribution in [-0.4, -0.2) is 38.7 Å². The maximum absolute atomic E-state index is 11.7. The van der Waals surface area contributed by atoms with E-state index in [-0.39, 0.29) is 24.9 Å². The van der Waals surface area contributed by atoms with E-state index in [1.165, 1.54) is 12.8 Å². The molecule has 0 radical (unpaired) electrons. The number of carbonyl (C=O) groups excluding carboxylic acids is 1. The lowest BCUT2D eigenvalue weighted by Gasteiger charge is -2.17. The van der Waals surface area contributed by atoms with Crippen LogP contribution in [0.25, 0.3) is 0 Å². The number of rotatable bonds is 7. The number of carbonyl (C=O) groups is 1. The number of nitrogens with zero attached hydrogens (tertiary/aromatic N) is 3. The van der Waals surface area contributed by atoms with Crippen LogP contribution in [-0.2, 0) is 11.3 Å². The van der Waals surface area contributed by atoms with Crippen LogP contribution in [0.15, 0.2) is 6.20 Å². The molecule has 0 aliphatic heterocycles. The molecule has 1 saturated carbocycles. The average molecular weight is 266 g/mol. The van der Waals surface area contributed by atoms with Crippen molar-refractivity contribution in [2.24, 2.45) is 5.92 Å². The Kier molecular flexibility index (Phi) is 4.52. The van der Waals surface area contributed by atoms with Gasteiger partial charge in [0.2, 0.25) is 5.91 Å². The third-order valence-corrected chi connectivity index (χ3v) is 3.67. The second kappa shape index (κ2) is 6.14. The van der Waals surface area contributed by atoms with Crippen LogP contribution in [0.5, 0.6) is 0 Å². The minimum absolute atomic E-state index is 0.144. The summed E-state index contributed by atoms with van der Waals surface area (Å²) in [6.45, 7) is 4.44. The molecule has 2 N–H and O–H groups in total. The standard InChI is InChI=1S/C13H22N4O2/c1-3-9(2)12(18)6-14-13(19)8-17-7-11(15-16-17)10-4-5-10/h7,9-10,12,18H,3-6,8H2,1-2H3,(H,14,19). The molecule has 106 valence electrons. The van der Waals surface area contributed by atoms with Crippen LogP contribution < -0.4 is 5.32 Å². The second-order valence-electron chi connectivity index (χ2n) is 5.37. The SMILES string of the molecule is CCC(C)C(O)CNC(=O)Cn1cc(C2CC2)nn1. The molecule has 2 rings (SSSR count). The summed E-state index contributed by atoms with van der Waals surface area (Å²) in [6.07, 6.45) is 4.58. The molecule has 1 aromatic rings. The molecule has 2 unspecified atom stereocenters. The highest BCUT2D eigenvalue weighted by atomic mass is 16.3. The first kappa shape index (κ1) is 14.0. The van der Waals surface area contributed by atoms with Crippen molar-refractivity contribution in [2.45, 2.75) is 51.7 Å². The maximum Gasteiger partial charge on any atom is 0.241 e.